The highest BCUT2D eigenvalue weighted by molar-refractivity contribution is 5.80. The predicted octanol–water partition coefficient (Wildman–Crippen LogP) is 3.55. The Balaban J connectivity index is 1.71. The number of hydrogen-bond donors (Lipinski definition) is 2. The molecule has 0 radical (unpaired) electrons. The van der Waals surface area contributed by atoms with Crippen LogP contribution in [0.1, 0.15) is 55.1 Å². The van der Waals surface area contributed by atoms with Crippen molar-refractivity contribution in [2.75, 3.05) is 6.54 Å². The summed E-state index contributed by atoms with van der Waals surface area (Å²) >= 11 is 0. The van der Waals surface area contributed by atoms with Gasteiger partial charge in [0.05, 0.1) is 18.8 Å². The van der Waals surface area contributed by atoms with Gasteiger partial charge in [-0.1, -0.05) is 43.2 Å². The van der Waals surface area contributed by atoms with Crippen LogP contribution >= 0.6 is 0 Å². The maximum Gasteiger partial charge on any atom is 0.191 e. The second-order valence-electron chi connectivity index (χ2n) is 7.11. The molecule has 0 saturated heterocycles. The predicted molar refractivity (Wildman–Crippen MR) is 107 cm³/mol. The van der Waals surface area contributed by atoms with Crippen LogP contribution in [0.4, 0.5) is 0 Å². The molecule has 2 N–H and O–H groups in total. The van der Waals surface area contributed by atoms with Crippen molar-refractivity contribution < 1.29 is 0 Å². The van der Waals surface area contributed by atoms with Gasteiger partial charge in [0.15, 0.2) is 5.96 Å². The van der Waals surface area contributed by atoms with E-state index < -0.39 is 0 Å². The van der Waals surface area contributed by atoms with E-state index in [-0.39, 0.29) is 0 Å². The average Bonchev–Trinajstić information content (AvgIpc) is 3.23. The molecule has 3 rings (SSSR count). The van der Waals surface area contributed by atoms with Gasteiger partial charge < -0.3 is 10.6 Å². The molecule has 0 spiro atoms. The fourth-order valence-electron chi connectivity index (χ4n) is 3.61. The van der Waals surface area contributed by atoms with Crippen molar-refractivity contribution in [1.82, 2.24) is 20.4 Å². The topological polar surface area (TPSA) is 54.2 Å². The van der Waals surface area contributed by atoms with Gasteiger partial charge in [0, 0.05) is 23.8 Å². The SMILES string of the molecule is CCNC(=NCc1c(C)nn(Cc2ccccc2)c1C)NC1CCCC1. The number of guanidine groups is 1. The maximum atomic E-state index is 4.83. The van der Waals surface area contributed by atoms with Gasteiger partial charge >= 0.3 is 0 Å². The first-order valence-electron chi connectivity index (χ1n) is 9.79. The minimum absolute atomic E-state index is 0.566. The summed E-state index contributed by atoms with van der Waals surface area (Å²) in [6.45, 7) is 8.68. The summed E-state index contributed by atoms with van der Waals surface area (Å²) in [7, 11) is 0. The molecule has 0 amide bonds. The van der Waals surface area contributed by atoms with Crippen molar-refractivity contribution in [3.63, 3.8) is 0 Å². The van der Waals surface area contributed by atoms with E-state index in [0.29, 0.717) is 12.6 Å². The second kappa shape index (κ2) is 8.88. The van der Waals surface area contributed by atoms with Crippen LogP contribution in [0.5, 0.6) is 0 Å². The second-order valence-corrected chi connectivity index (χ2v) is 7.11. The molecule has 2 aromatic rings. The molecule has 1 saturated carbocycles. The number of aromatic nitrogens is 2. The van der Waals surface area contributed by atoms with Gasteiger partial charge in [-0.3, -0.25) is 4.68 Å². The number of hydrogen-bond acceptors (Lipinski definition) is 2. The van der Waals surface area contributed by atoms with E-state index in [0.717, 1.165) is 24.7 Å². The van der Waals surface area contributed by atoms with Gasteiger partial charge in [-0.25, -0.2) is 4.99 Å². The molecular formula is C21H31N5. The van der Waals surface area contributed by atoms with Crippen molar-refractivity contribution in [2.45, 2.75) is 65.6 Å². The van der Waals surface area contributed by atoms with Crippen LogP contribution in [-0.2, 0) is 13.1 Å². The van der Waals surface area contributed by atoms with Crippen molar-refractivity contribution in [3.8, 4) is 0 Å². The van der Waals surface area contributed by atoms with Crippen LogP contribution in [0.2, 0.25) is 0 Å². The van der Waals surface area contributed by atoms with Gasteiger partial charge in [0.25, 0.3) is 0 Å². The first-order chi connectivity index (χ1) is 12.7. The zero-order valence-electron chi connectivity index (χ0n) is 16.3. The summed E-state index contributed by atoms with van der Waals surface area (Å²) < 4.78 is 2.09. The Bertz CT molecular complexity index is 726. The molecule has 0 bridgehead atoms. The molecule has 1 heterocycles. The summed E-state index contributed by atoms with van der Waals surface area (Å²) in [4.78, 5) is 4.83. The standard InChI is InChI=1S/C21H31N5/c1-4-22-21(24-19-12-8-9-13-19)23-14-20-16(2)25-26(17(20)3)15-18-10-6-5-7-11-18/h5-7,10-11,19H,4,8-9,12-15H2,1-3H3,(H2,22,23,24). The quantitative estimate of drug-likeness (QED) is 0.617. The number of nitrogens with zero attached hydrogens (tertiary/aromatic N) is 3. The first kappa shape index (κ1) is 18.5. The minimum atomic E-state index is 0.566. The number of aryl methyl sites for hydroxylation is 1. The summed E-state index contributed by atoms with van der Waals surface area (Å²) in [5.41, 5.74) is 4.76. The Morgan fingerprint density at radius 2 is 1.92 bits per heavy atom. The van der Waals surface area contributed by atoms with Crippen molar-refractivity contribution in [2.24, 2.45) is 4.99 Å². The van der Waals surface area contributed by atoms with E-state index in [1.807, 2.05) is 6.07 Å². The molecule has 1 aromatic heterocycles. The van der Waals surface area contributed by atoms with Gasteiger partial charge in [-0.15, -0.1) is 0 Å². The van der Waals surface area contributed by atoms with Gasteiger partial charge in [-0.05, 0) is 39.2 Å². The van der Waals surface area contributed by atoms with E-state index in [1.54, 1.807) is 0 Å². The molecule has 5 heteroatoms. The zero-order chi connectivity index (χ0) is 18.4. The highest BCUT2D eigenvalue weighted by Gasteiger charge is 2.16. The molecular weight excluding hydrogens is 322 g/mol. The van der Waals surface area contributed by atoms with Crippen molar-refractivity contribution >= 4 is 5.96 Å². The lowest BCUT2D eigenvalue weighted by molar-refractivity contribution is 0.613. The van der Waals surface area contributed by atoms with Crippen LogP contribution in [0.25, 0.3) is 0 Å². The monoisotopic (exact) mass is 353 g/mol. The third kappa shape index (κ3) is 4.65. The Hall–Kier alpha value is -2.30. The summed E-state index contributed by atoms with van der Waals surface area (Å²) in [6.07, 6.45) is 5.14. The summed E-state index contributed by atoms with van der Waals surface area (Å²) in [5, 5.41) is 11.7. The lowest BCUT2D eigenvalue weighted by Gasteiger charge is -2.16. The smallest absolute Gasteiger partial charge is 0.191 e. The Kier molecular flexibility index (Phi) is 6.31. The lowest BCUT2D eigenvalue weighted by atomic mass is 10.2. The Morgan fingerprint density at radius 3 is 2.62 bits per heavy atom. The summed E-state index contributed by atoms with van der Waals surface area (Å²) in [5.74, 6) is 0.925. The van der Waals surface area contributed by atoms with E-state index >= 15 is 0 Å². The van der Waals surface area contributed by atoms with E-state index in [2.05, 4.69) is 60.4 Å². The van der Waals surface area contributed by atoms with Crippen LogP contribution in [0, 0.1) is 13.8 Å². The van der Waals surface area contributed by atoms with Crippen LogP contribution in [0.15, 0.2) is 35.3 Å². The van der Waals surface area contributed by atoms with Gasteiger partial charge in [0.1, 0.15) is 0 Å². The molecule has 1 aliphatic rings. The number of benzene rings is 1. The number of rotatable bonds is 6. The van der Waals surface area contributed by atoms with Gasteiger partial charge in [-0.2, -0.15) is 5.10 Å². The van der Waals surface area contributed by atoms with Gasteiger partial charge in [0.2, 0.25) is 0 Å². The maximum absolute atomic E-state index is 4.83. The normalized spacial score (nSPS) is 15.4. The van der Waals surface area contributed by atoms with Crippen LogP contribution in [-0.4, -0.2) is 28.3 Å². The summed E-state index contributed by atoms with van der Waals surface area (Å²) in [6, 6.07) is 11.0. The fraction of sp³-hybridized carbons (Fsp3) is 0.524. The molecule has 26 heavy (non-hydrogen) atoms. The fourth-order valence-corrected chi connectivity index (χ4v) is 3.61. The molecule has 0 aliphatic heterocycles. The van der Waals surface area contributed by atoms with Crippen LogP contribution in [0.3, 0.4) is 0 Å². The Labute approximate surface area is 156 Å². The first-order valence-corrected chi connectivity index (χ1v) is 9.79. The molecule has 1 aromatic carbocycles. The Morgan fingerprint density at radius 1 is 1.19 bits per heavy atom. The lowest BCUT2D eigenvalue weighted by Crippen LogP contribution is -2.42. The molecule has 140 valence electrons. The van der Waals surface area contributed by atoms with E-state index in [9.17, 15) is 0 Å². The average molecular weight is 354 g/mol. The van der Waals surface area contributed by atoms with Crippen LogP contribution < -0.4 is 10.6 Å². The number of nitrogens with one attached hydrogen (secondary N) is 2. The highest BCUT2D eigenvalue weighted by atomic mass is 15.3. The minimum Gasteiger partial charge on any atom is -0.357 e. The van der Waals surface area contributed by atoms with E-state index in [1.165, 1.54) is 42.5 Å². The molecule has 1 aliphatic carbocycles. The zero-order valence-corrected chi connectivity index (χ0v) is 16.3. The van der Waals surface area contributed by atoms with E-state index in [4.69, 9.17) is 10.1 Å². The molecule has 5 nitrogen and oxygen atoms in total. The highest BCUT2D eigenvalue weighted by Crippen LogP contribution is 2.18. The van der Waals surface area contributed by atoms with Crippen molar-refractivity contribution in [3.05, 3.63) is 52.8 Å². The largest absolute Gasteiger partial charge is 0.357 e. The molecule has 0 atom stereocenters. The third-order valence-corrected chi connectivity index (χ3v) is 5.14. The molecule has 0 unspecified atom stereocenters. The third-order valence-electron chi connectivity index (χ3n) is 5.14. The number of aliphatic imine (C=N–C) groups is 1. The van der Waals surface area contributed by atoms with Crippen molar-refractivity contribution in [1.29, 1.82) is 0 Å². The molecule has 1 fully saturated rings.